The molecule has 144 valence electrons. The number of carbonyl (C=O) groups is 1. The van der Waals surface area contributed by atoms with Gasteiger partial charge in [-0.25, -0.2) is 14.2 Å². The minimum atomic E-state index is -0.748. The van der Waals surface area contributed by atoms with Crippen LogP contribution >= 0.6 is 0 Å². The van der Waals surface area contributed by atoms with Gasteiger partial charge < -0.3 is 26.2 Å². The highest BCUT2D eigenvalue weighted by Gasteiger charge is 2.21. The van der Waals surface area contributed by atoms with Crippen molar-refractivity contribution < 1.29 is 19.0 Å². The number of urea groups is 1. The van der Waals surface area contributed by atoms with E-state index in [-0.39, 0.29) is 29.8 Å². The number of benzene rings is 1. The van der Waals surface area contributed by atoms with E-state index in [1.54, 1.807) is 13.0 Å². The number of hydrogen-bond acceptors (Lipinski definition) is 9. The maximum atomic E-state index is 13.2. The van der Waals surface area contributed by atoms with Crippen molar-refractivity contribution in [3.8, 4) is 5.75 Å². The fourth-order valence-electron chi connectivity index (χ4n) is 2.00. The SMILES string of the molecule is CNC(=O)N(N=N)c1cc(Nc2ncc(F)c(N)n2)ccc1OC(C)CO. The van der Waals surface area contributed by atoms with Crippen LogP contribution in [0.3, 0.4) is 0 Å². The highest BCUT2D eigenvalue weighted by atomic mass is 19.1. The van der Waals surface area contributed by atoms with E-state index in [4.69, 9.17) is 16.0 Å². The van der Waals surface area contributed by atoms with Crippen LogP contribution in [0.15, 0.2) is 29.6 Å². The van der Waals surface area contributed by atoms with Gasteiger partial charge in [0.25, 0.3) is 0 Å². The smallest absolute Gasteiger partial charge is 0.343 e. The van der Waals surface area contributed by atoms with E-state index in [1.807, 2.05) is 0 Å². The standard InChI is InChI=1S/C15H19FN8O3/c1-8(7-25)27-12-4-3-9(5-11(12)24(23-18)15(26)19-2)21-14-20-6-10(16)13(17)22-14/h3-6,8,18,25H,7H2,1-2H3,(H,19,26)(H3,17,20,21,22). The van der Waals surface area contributed by atoms with Gasteiger partial charge in [0.15, 0.2) is 11.6 Å². The van der Waals surface area contributed by atoms with Gasteiger partial charge in [0, 0.05) is 12.7 Å². The second-order valence-corrected chi connectivity index (χ2v) is 5.31. The van der Waals surface area contributed by atoms with Crippen molar-refractivity contribution in [2.45, 2.75) is 13.0 Å². The molecule has 2 rings (SSSR count). The maximum Gasteiger partial charge on any atom is 0.343 e. The second-order valence-electron chi connectivity index (χ2n) is 5.31. The molecule has 2 amide bonds. The van der Waals surface area contributed by atoms with Crippen LogP contribution in [-0.2, 0) is 0 Å². The molecule has 0 radical (unpaired) electrons. The molecule has 0 aliphatic heterocycles. The lowest BCUT2D eigenvalue weighted by Gasteiger charge is -2.21. The predicted molar refractivity (Wildman–Crippen MR) is 95.4 cm³/mol. The fraction of sp³-hybridized carbons (Fsp3) is 0.267. The van der Waals surface area contributed by atoms with Crippen molar-refractivity contribution in [2.24, 2.45) is 5.22 Å². The molecule has 1 atom stereocenters. The Morgan fingerprint density at radius 2 is 2.30 bits per heavy atom. The fourth-order valence-corrected chi connectivity index (χ4v) is 2.00. The van der Waals surface area contributed by atoms with E-state index < -0.39 is 18.0 Å². The summed E-state index contributed by atoms with van der Waals surface area (Å²) >= 11 is 0. The molecule has 0 aliphatic carbocycles. The molecule has 27 heavy (non-hydrogen) atoms. The molecule has 0 bridgehead atoms. The number of hydrogen-bond donors (Lipinski definition) is 5. The summed E-state index contributed by atoms with van der Waals surface area (Å²) in [5.74, 6) is -0.827. The molecule has 0 fully saturated rings. The Morgan fingerprint density at radius 3 is 2.89 bits per heavy atom. The Bertz CT molecular complexity index is 835. The quantitative estimate of drug-likeness (QED) is 0.362. The number of nitrogens with one attached hydrogen (secondary N) is 3. The monoisotopic (exact) mass is 378 g/mol. The first-order chi connectivity index (χ1) is 12.9. The Morgan fingerprint density at radius 1 is 1.56 bits per heavy atom. The number of aliphatic hydroxyl groups excluding tert-OH is 1. The average Bonchev–Trinajstić information content (AvgIpc) is 2.66. The number of rotatable bonds is 7. The number of anilines is 4. The first-order valence-electron chi connectivity index (χ1n) is 7.75. The van der Waals surface area contributed by atoms with E-state index in [0.717, 1.165) is 11.2 Å². The van der Waals surface area contributed by atoms with Crippen LogP contribution in [0.2, 0.25) is 0 Å². The Kier molecular flexibility index (Phi) is 6.38. The molecule has 12 heteroatoms. The van der Waals surface area contributed by atoms with Crippen LogP contribution < -0.4 is 26.1 Å². The largest absolute Gasteiger partial charge is 0.486 e. The van der Waals surface area contributed by atoms with Gasteiger partial charge in [-0.05, 0) is 25.1 Å². The van der Waals surface area contributed by atoms with Crippen LogP contribution in [0.4, 0.5) is 32.3 Å². The molecule has 1 heterocycles. The minimum absolute atomic E-state index is 0.0338. The topological polar surface area (TPSA) is 162 Å². The second kappa shape index (κ2) is 8.71. The third kappa shape index (κ3) is 4.76. The van der Waals surface area contributed by atoms with Crippen LogP contribution in [0.5, 0.6) is 5.75 Å². The molecule has 1 aromatic carbocycles. The molecule has 1 aromatic heterocycles. The molecule has 0 aliphatic rings. The summed E-state index contributed by atoms with van der Waals surface area (Å²) in [7, 11) is 1.38. The average molecular weight is 378 g/mol. The summed E-state index contributed by atoms with van der Waals surface area (Å²) in [5.41, 5.74) is 13.2. The van der Waals surface area contributed by atoms with Gasteiger partial charge >= 0.3 is 6.03 Å². The lowest BCUT2D eigenvalue weighted by Crippen LogP contribution is -2.34. The summed E-state index contributed by atoms with van der Waals surface area (Å²) in [6.45, 7) is 1.38. The van der Waals surface area contributed by atoms with Crippen molar-refractivity contribution in [3.63, 3.8) is 0 Å². The number of nitrogens with zero attached hydrogens (tertiary/aromatic N) is 4. The van der Waals surface area contributed by atoms with Crippen LogP contribution in [-0.4, -0.2) is 40.9 Å². The molecular formula is C15H19FN8O3. The van der Waals surface area contributed by atoms with Crippen LogP contribution in [0.1, 0.15) is 6.92 Å². The van der Waals surface area contributed by atoms with Crippen LogP contribution in [0, 0.1) is 11.3 Å². The Labute approximate surface area is 153 Å². The lowest BCUT2D eigenvalue weighted by molar-refractivity contribution is 0.130. The van der Waals surface area contributed by atoms with Gasteiger partial charge in [-0.1, -0.05) is 5.22 Å². The molecule has 0 saturated heterocycles. The van der Waals surface area contributed by atoms with E-state index >= 15 is 0 Å². The van der Waals surface area contributed by atoms with Crippen molar-refractivity contribution >= 4 is 29.2 Å². The summed E-state index contributed by atoms with van der Waals surface area (Å²) in [6.07, 6.45) is 0.363. The number of amides is 2. The van der Waals surface area contributed by atoms with Gasteiger partial charge in [0.05, 0.1) is 12.8 Å². The first kappa shape index (κ1) is 19.8. The molecule has 11 nitrogen and oxygen atoms in total. The molecule has 0 spiro atoms. The molecule has 2 aromatic rings. The zero-order valence-corrected chi connectivity index (χ0v) is 14.6. The predicted octanol–water partition coefficient (Wildman–Crippen LogP) is 1.79. The van der Waals surface area contributed by atoms with Crippen LogP contribution in [0.25, 0.3) is 0 Å². The lowest BCUT2D eigenvalue weighted by atomic mass is 10.2. The van der Waals surface area contributed by atoms with Gasteiger partial charge in [-0.15, -0.1) is 0 Å². The van der Waals surface area contributed by atoms with Gasteiger partial charge in [0.2, 0.25) is 5.95 Å². The molecule has 0 saturated carbocycles. The number of carbonyl (C=O) groups excluding carboxylic acids is 1. The Hall–Kier alpha value is -3.54. The van der Waals surface area contributed by atoms with Crippen molar-refractivity contribution in [1.29, 1.82) is 5.53 Å². The zero-order valence-electron chi connectivity index (χ0n) is 14.6. The van der Waals surface area contributed by atoms with Crippen molar-refractivity contribution in [2.75, 3.05) is 29.7 Å². The summed E-state index contributed by atoms with van der Waals surface area (Å²) in [5, 5.41) is 18.3. The van der Waals surface area contributed by atoms with Gasteiger partial charge in [0.1, 0.15) is 17.5 Å². The first-order valence-corrected chi connectivity index (χ1v) is 7.75. The molecule has 1 unspecified atom stereocenters. The summed E-state index contributed by atoms with van der Waals surface area (Å²) < 4.78 is 18.8. The molecule has 6 N–H and O–H groups in total. The number of ether oxygens (including phenoxy) is 1. The summed E-state index contributed by atoms with van der Waals surface area (Å²) in [4.78, 5) is 19.5. The van der Waals surface area contributed by atoms with Crippen molar-refractivity contribution in [3.05, 3.63) is 30.2 Å². The minimum Gasteiger partial charge on any atom is -0.486 e. The highest BCUT2D eigenvalue weighted by Crippen LogP contribution is 2.33. The number of aromatic nitrogens is 2. The maximum absolute atomic E-state index is 13.2. The number of nitrogen functional groups attached to an aromatic ring is 1. The van der Waals surface area contributed by atoms with Gasteiger partial charge in [-0.3, -0.25) is 0 Å². The van der Waals surface area contributed by atoms with Gasteiger partial charge in [-0.2, -0.15) is 15.5 Å². The number of nitrogens with two attached hydrogens (primary N) is 1. The summed E-state index contributed by atoms with van der Waals surface area (Å²) in [6, 6.07) is 3.87. The Balaban J connectivity index is 2.42. The third-order valence-electron chi connectivity index (χ3n) is 3.31. The van der Waals surface area contributed by atoms with E-state index in [1.165, 1.54) is 19.2 Å². The molecular weight excluding hydrogens is 359 g/mol. The van der Waals surface area contributed by atoms with E-state index in [0.29, 0.717) is 5.69 Å². The van der Waals surface area contributed by atoms with Crippen molar-refractivity contribution in [1.82, 2.24) is 15.3 Å². The number of aliphatic hydroxyl groups is 1. The van der Waals surface area contributed by atoms with E-state index in [9.17, 15) is 14.3 Å². The number of halogens is 1. The third-order valence-corrected chi connectivity index (χ3v) is 3.31. The highest BCUT2D eigenvalue weighted by molar-refractivity contribution is 5.93. The zero-order chi connectivity index (χ0) is 20.0. The van der Waals surface area contributed by atoms with E-state index in [2.05, 4.69) is 25.8 Å². The normalized spacial score (nSPS) is 11.4.